The number of nitrogens with zero attached hydrogens (tertiary/aromatic N) is 2. The fourth-order valence-corrected chi connectivity index (χ4v) is 2.80. The maximum atomic E-state index is 12.1. The van der Waals surface area contributed by atoms with Crippen molar-refractivity contribution in [3.8, 4) is 17.0 Å². The largest absolute Gasteiger partial charge is 0.482 e. The van der Waals surface area contributed by atoms with E-state index in [4.69, 9.17) is 10.5 Å². The number of amides is 1. The zero-order valence-corrected chi connectivity index (χ0v) is 12.4. The Morgan fingerprint density at radius 2 is 2.38 bits per heavy atom. The Labute approximate surface area is 126 Å². The Hall–Kier alpha value is -2.34. The van der Waals surface area contributed by atoms with E-state index in [-0.39, 0.29) is 12.5 Å². The van der Waals surface area contributed by atoms with E-state index < -0.39 is 0 Å². The van der Waals surface area contributed by atoms with Crippen molar-refractivity contribution in [1.82, 2.24) is 4.98 Å². The van der Waals surface area contributed by atoms with Crippen LogP contribution in [0.25, 0.3) is 11.3 Å². The smallest absolute Gasteiger partial charge is 0.265 e. The lowest BCUT2D eigenvalue weighted by Crippen LogP contribution is -2.39. The molecular weight excluding hydrogens is 286 g/mol. The minimum atomic E-state index is -0.0690. The van der Waals surface area contributed by atoms with Crippen LogP contribution in [0.2, 0.25) is 0 Å². The second-order valence-electron chi connectivity index (χ2n) is 4.98. The van der Waals surface area contributed by atoms with Gasteiger partial charge in [0.15, 0.2) is 11.7 Å². The molecule has 0 saturated carbocycles. The molecule has 1 aromatic carbocycles. The van der Waals surface area contributed by atoms with E-state index in [1.54, 1.807) is 4.90 Å². The number of benzene rings is 1. The molecule has 6 heteroatoms. The number of hydrogen-bond donors (Lipinski definition) is 1. The first-order valence-corrected chi connectivity index (χ1v) is 7.35. The third kappa shape index (κ3) is 2.62. The lowest BCUT2D eigenvalue weighted by atomic mass is 10.1. The first-order valence-electron chi connectivity index (χ1n) is 6.47. The number of carbonyl (C=O) groups excluding carboxylic acids is 1. The molecule has 3 rings (SSSR count). The molecule has 1 aliphatic heterocycles. The number of aromatic nitrogens is 1. The molecule has 0 saturated heterocycles. The zero-order chi connectivity index (χ0) is 15.0. The van der Waals surface area contributed by atoms with Gasteiger partial charge in [-0.25, -0.2) is 4.98 Å². The van der Waals surface area contributed by atoms with Gasteiger partial charge in [-0.2, -0.15) is 0 Å². The number of nitrogen functional groups attached to an aromatic ring is 1. The molecule has 0 unspecified atom stereocenters. The zero-order valence-electron chi connectivity index (χ0n) is 11.6. The fraction of sp³-hybridized carbons (Fsp3) is 0.200. The van der Waals surface area contributed by atoms with E-state index in [1.165, 1.54) is 11.3 Å². The average Bonchev–Trinajstić information content (AvgIpc) is 2.88. The summed E-state index contributed by atoms with van der Waals surface area (Å²) in [7, 11) is 0. The van der Waals surface area contributed by atoms with E-state index in [2.05, 4.69) is 11.6 Å². The Morgan fingerprint density at radius 3 is 3.05 bits per heavy atom. The van der Waals surface area contributed by atoms with Crippen LogP contribution in [0.3, 0.4) is 0 Å². The van der Waals surface area contributed by atoms with Gasteiger partial charge in [0.1, 0.15) is 5.75 Å². The van der Waals surface area contributed by atoms with Crippen LogP contribution in [0.5, 0.6) is 5.75 Å². The van der Waals surface area contributed by atoms with E-state index in [0.29, 0.717) is 17.4 Å². The molecule has 0 radical (unpaired) electrons. The molecule has 108 valence electrons. The van der Waals surface area contributed by atoms with Crippen LogP contribution in [0.15, 0.2) is 35.7 Å². The minimum absolute atomic E-state index is 0.0588. The number of rotatable bonds is 3. The molecule has 5 nitrogen and oxygen atoms in total. The van der Waals surface area contributed by atoms with Crippen molar-refractivity contribution < 1.29 is 9.53 Å². The van der Waals surface area contributed by atoms with E-state index >= 15 is 0 Å². The normalized spacial score (nSPS) is 13.8. The number of fused-ring (bicyclic) bond motifs is 1. The Kier molecular flexibility index (Phi) is 3.39. The number of thiazole rings is 1. The molecule has 0 spiro atoms. The van der Waals surface area contributed by atoms with Crippen molar-refractivity contribution in [2.75, 3.05) is 23.8 Å². The summed E-state index contributed by atoms with van der Waals surface area (Å²) in [4.78, 5) is 18.0. The maximum absolute atomic E-state index is 12.1. The van der Waals surface area contributed by atoms with Gasteiger partial charge < -0.3 is 15.4 Å². The highest BCUT2D eigenvalue weighted by atomic mass is 32.1. The van der Waals surface area contributed by atoms with Gasteiger partial charge in [0, 0.05) is 17.5 Å². The maximum Gasteiger partial charge on any atom is 0.265 e. The summed E-state index contributed by atoms with van der Waals surface area (Å²) in [5.41, 5.74) is 9.05. The van der Waals surface area contributed by atoms with E-state index in [1.807, 2.05) is 30.5 Å². The summed E-state index contributed by atoms with van der Waals surface area (Å²) in [6.45, 7) is 6.32. The van der Waals surface area contributed by atoms with Gasteiger partial charge in [-0.05, 0) is 25.1 Å². The molecule has 1 aliphatic rings. The van der Waals surface area contributed by atoms with Crippen molar-refractivity contribution in [1.29, 1.82) is 0 Å². The topological polar surface area (TPSA) is 68.5 Å². The Morgan fingerprint density at radius 1 is 1.57 bits per heavy atom. The fourth-order valence-electron chi connectivity index (χ4n) is 2.22. The monoisotopic (exact) mass is 301 g/mol. The summed E-state index contributed by atoms with van der Waals surface area (Å²) in [5.74, 6) is 0.628. The number of nitrogens with two attached hydrogens (primary N) is 1. The summed E-state index contributed by atoms with van der Waals surface area (Å²) >= 11 is 1.39. The van der Waals surface area contributed by atoms with Crippen LogP contribution in [-0.2, 0) is 4.79 Å². The van der Waals surface area contributed by atoms with Gasteiger partial charge in [-0.3, -0.25) is 4.79 Å². The molecule has 2 N–H and O–H groups in total. The molecule has 1 aromatic heterocycles. The average molecular weight is 301 g/mol. The quantitative estimate of drug-likeness (QED) is 0.885. The van der Waals surface area contributed by atoms with Gasteiger partial charge in [-0.15, -0.1) is 11.3 Å². The van der Waals surface area contributed by atoms with Crippen molar-refractivity contribution in [2.24, 2.45) is 0 Å². The lowest BCUT2D eigenvalue weighted by Gasteiger charge is -2.29. The second-order valence-corrected chi connectivity index (χ2v) is 5.87. The van der Waals surface area contributed by atoms with Gasteiger partial charge in [0.05, 0.1) is 11.4 Å². The molecule has 2 heterocycles. The molecule has 2 aromatic rings. The van der Waals surface area contributed by atoms with Gasteiger partial charge >= 0.3 is 0 Å². The summed E-state index contributed by atoms with van der Waals surface area (Å²) < 4.78 is 5.48. The van der Waals surface area contributed by atoms with Crippen molar-refractivity contribution >= 4 is 28.1 Å². The first kappa shape index (κ1) is 13.6. The summed E-state index contributed by atoms with van der Waals surface area (Å²) in [5, 5.41) is 2.42. The highest BCUT2D eigenvalue weighted by Crippen LogP contribution is 2.36. The minimum Gasteiger partial charge on any atom is -0.482 e. The third-order valence-electron chi connectivity index (χ3n) is 3.15. The van der Waals surface area contributed by atoms with Crippen LogP contribution < -0.4 is 15.4 Å². The van der Waals surface area contributed by atoms with E-state index in [9.17, 15) is 4.79 Å². The van der Waals surface area contributed by atoms with E-state index in [0.717, 1.165) is 22.5 Å². The predicted molar refractivity (Wildman–Crippen MR) is 84.6 cm³/mol. The summed E-state index contributed by atoms with van der Waals surface area (Å²) in [6.07, 6.45) is 0. The van der Waals surface area contributed by atoms with Crippen LogP contribution in [-0.4, -0.2) is 24.0 Å². The molecule has 0 atom stereocenters. The molecular formula is C15H15N3O2S. The van der Waals surface area contributed by atoms with Crippen LogP contribution in [0.1, 0.15) is 6.92 Å². The summed E-state index contributed by atoms with van der Waals surface area (Å²) in [6, 6.07) is 5.68. The lowest BCUT2D eigenvalue weighted by molar-refractivity contribution is -0.121. The van der Waals surface area contributed by atoms with Gasteiger partial charge in [0.25, 0.3) is 5.91 Å². The van der Waals surface area contributed by atoms with Crippen LogP contribution >= 0.6 is 11.3 Å². The van der Waals surface area contributed by atoms with Crippen LogP contribution in [0, 0.1) is 0 Å². The van der Waals surface area contributed by atoms with Gasteiger partial charge in [0.2, 0.25) is 0 Å². The van der Waals surface area contributed by atoms with Crippen molar-refractivity contribution in [3.05, 3.63) is 35.7 Å². The molecule has 0 aliphatic carbocycles. The first-order chi connectivity index (χ1) is 10.0. The molecule has 0 fully saturated rings. The second kappa shape index (κ2) is 5.21. The van der Waals surface area contributed by atoms with Gasteiger partial charge in [-0.1, -0.05) is 12.2 Å². The highest BCUT2D eigenvalue weighted by molar-refractivity contribution is 7.13. The Bertz CT molecular complexity index is 723. The Balaban J connectivity index is 2.04. The molecule has 21 heavy (non-hydrogen) atoms. The number of carbonyl (C=O) groups is 1. The highest BCUT2D eigenvalue weighted by Gasteiger charge is 2.26. The standard InChI is InChI=1S/C15H15N3O2S/c1-9(2)6-18-12-5-10(11-8-21-15(16)17-11)3-4-13(12)20-7-14(18)19/h3-5,8H,1,6-7H2,2H3,(H2,16,17). The molecule has 0 bridgehead atoms. The van der Waals surface area contributed by atoms with Crippen molar-refractivity contribution in [2.45, 2.75) is 6.92 Å². The molecule has 1 amide bonds. The third-order valence-corrected chi connectivity index (χ3v) is 3.82. The number of anilines is 2. The van der Waals surface area contributed by atoms with Crippen molar-refractivity contribution in [3.63, 3.8) is 0 Å². The predicted octanol–water partition coefficient (Wildman–Crippen LogP) is 2.69. The number of ether oxygens (including phenoxy) is 1. The number of hydrogen-bond acceptors (Lipinski definition) is 5. The van der Waals surface area contributed by atoms with Crippen LogP contribution in [0.4, 0.5) is 10.8 Å². The SMILES string of the molecule is C=C(C)CN1C(=O)COc2ccc(-c3csc(N)n3)cc21.